The van der Waals surface area contributed by atoms with Crippen LogP contribution in [0.4, 0.5) is 0 Å². The van der Waals surface area contributed by atoms with E-state index >= 15 is 0 Å². The van der Waals surface area contributed by atoms with E-state index in [0.29, 0.717) is 0 Å². The summed E-state index contributed by atoms with van der Waals surface area (Å²) in [6.45, 7) is 5.09. The third-order valence-corrected chi connectivity index (χ3v) is 5.55. The zero-order chi connectivity index (χ0) is 17.1. The van der Waals surface area contributed by atoms with E-state index in [0.717, 1.165) is 38.5 Å². The Balaban J connectivity index is 1.65. The third-order valence-electron chi connectivity index (χ3n) is 4.85. The molecule has 0 bridgehead atoms. The van der Waals surface area contributed by atoms with Gasteiger partial charge in [-0.2, -0.15) is 11.3 Å². The molecule has 130 valence electrons. The summed E-state index contributed by atoms with van der Waals surface area (Å²) in [4.78, 5) is 4.92. The number of thiophene rings is 1. The van der Waals surface area contributed by atoms with Gasteiger partial charge in [0.1, 0.15) is 6.33 Å². The first kappa shape index (κ1) is 16.4. The normalized spacial score (nSPS) is 17.6. The molecule has 6 heteroatoms. The molecule has 1 fully saturated rings. The van der Waals surface area contributed by atoms with Gasteiger partial charge in [-0.25, -0.2) is 0 Å². The van der Waals surface area contributed by atoms with Gasteiger partial charge in [0, 0.05) is 26.2 Å². The Kier molecular flexibility index (Phi) is 4.92. The van der Waals surface area contributed by atoms with Crippen LogP contribution in [-0.4, -0.2) is 57.8 Å². The number of benzene rings is 1. The number of aromatic nitrogens is 3. The Hall–Kier alpha value is -2.02. The highest BCUT2D eigenvalue weighted by Crippen LogP contribution is 2.30. The summed E-state index contributed by atoms with van der Waals surface area (Å²) in [5.41, 5.74) is 2.59. The highest BCUT2D eigenvalue weighted by Gasteiger charge is 2.29. The zero-order valence-corrected chi connectivity index (χ0v) is 15.3. The Labute approximate surface area is 152 Å². The second-order valence-electron chi connectivity index (χ2n) is 6.60. The van der Waals surface area contributed by atoms with E-state index in [-0.39, 0.29) is 6.04 Å². The van der Waals surface area contributed by atoms with Gasteiger partial charge in [0.05, 0.1) is 12.6 Å². The number of likely N-dealkylation sites (N-methyl/N-ethyl adjacent to an activating group) is 1. The van der Waals surface area contributed by atoms with Crippen molar-refractivity contribution < 1.29 is 0 Å². The topological polar surface area (TPSA) is 37.2 Å². The van der Waals surface area contributed by atoms with E-state index in [9.17, 15) is 0 Å². The maximum Gasteiger partial charge on any atom is 0.155 e. The largest absolute Gasteiger partial charge is 0.311 e. The van der Waals surface area contributed by atoms with Crippen molar-refractivity contribution in [1.82, 2.24) is 24.6 Å². The summed E-state index contributed by atoms with van der Waals surface area (Å²) in [6.07, 6.45) is 1.86. The minimum absolute atomic E-state index is 0.172. The number of hydrogen-bond acceptors (Lipinski definition) is 5. The van der Waals surface area contributed by atoms with Crippen LogP contribution >= 0.6 is 11.3 Å². The van der Waals surface area contributed by atoms with Crippen LogP contribution in [0.15, 0.2) is 53.5 Å². The lowest BCUT2D eigenvalue weighted by atomic mass is 10.1. The van der Waals surface area contributed by atoms with Crippen LogP contribution < -0.4 is 0 Å². The third kappa shape index (κ3) is 3.66. The molecule has 2 aromatic heterocycles. The molecule has 0 spiro atoms. The van der Waals surface area contributed by atoms with Crippen LogP contribution in [0.1, 0.15) is 23.0 Å². The van der Waals surface area contributed by atoms with Crippen LogP contribution in [0, 0.1) is 0 Å². The molecule has 1 saturated heterocycles. The highest BCUT2D eigenvalue weighted by molar-refractivity contribution is 7.08. The van der Waals surface area contributed by atoms with Crippen molar-refractivity contribution in [3.63, 3.8) is 0 Å². The SMILES string of the molecule is CN1CCN(C(c2ccsc2)c2nncn2Cc2ccccc2)CC1. The summed E-state index contributed by atoms with van der Waals surface area (Å²) >= 11 is 1.75. The lowest BCUT2D eigenvalue weighted by Crippen LogP contribution is -2.46. The molecule has 1 atom stereocenters. The smallest absolute Gasteiger partial charge is 0.155 e. The van der Waals surface area contributed by atoms with Crippen LogP contribution in [0.25, 0.3) is 0 Å². The van der Waals surface area contributed by atoms with Crippen molar-refractivity contribution >= 4 is 11.3 Å². The Morgan fingerprint density at radius 2 is 1.88 bits per heavy atom. The van der Waals surface area contributed by atoms with Gasteiger partial charge >= 0.3 is 0 Å². The monoisotopic (exact) mass is 353 g/mol. The lowest BCUT2D eigenvalue weighted by Gasteiger charge is -2.37. The fraction of sp³-hybridized carbons (Fsp3) is 0.368. The highest BCUT2D eigenvalue weighted by atomic mass is 32.1. The Morgan fingerprint density at radius 1 is 1.08 bits per heavy atom. The molecule has 1 aliphatic rings. The molecule has 25 heavy (non-hydrogen) atoms. The van der Waals surface area contributed by atoms with E-state index in [1.807, 2.05) is 6.33 Å². The van der Waals surface area contributed by atoms with E-state index < -0.39 is 0 Å². The summed E-state index contributed by atoms with van der Waals surface area (Å²) in [7, 11) is 2.19. The second-order valence-corrected chi connectivity index (χ2v) is 7.38. The number of nitrogens with zero attached hydrogens (tertiary/aromatic N) is 5. The minimum Gasteiger partial charge on any atom is -0.311 e. The van der Waals surface area contributed by atoms with Crippen LogP contribution in [0.2, 0.25) is 0 Å². The minimum atomic E-state index is 0.172. The fourth-order valence-electron chi connectivity index (χ4n) is 3.41. The van der Waals surface area contributed by atoms with Crippen molar-refractivity contribution in [3.8, 4) is 0 Å². The van der Waals surface area contributed by atoms with Gasteiger partial charge in [-0.05, 0) is 35.0 Å². The molecule has 0 N–H and O–H groups in total. The Morgan fingerprint density at radius 3 is 2.60 bits per heavy atom. The van der Waals surface area contributed by atoms with Crippen molar-refractivity contribution in [3.05, 3.63) is 70.4 Å². The van der Waals surface area contributed by atoms with Gasteiger partial charge in [-0.15, -0.1) is 10.2 Å². The quantitative estimate of drug-likeness (QED) is 0.707. The molecule has 0 amide bonds. The molecular formula is C19H23N5S. The van der Waals surface area contributed by atoms with Crippen molar-refractivity contribution in [2.45, 2.75) is 12.6 Å². The molecule has 1 aromatic carbocycles. The van der Waals surface area contributed by atoms with Crippen molar-refractivity contribution in [2.75, 3.05) is 33.2 Å². The molecule has 5 nitrogen and oxygen atoms in total. The number of hydrogen-bond donors (Lipinski definition) is 0. The van der Waals surface area contributed by atoms with Crippen LogP contribution in [0.5, 0.6) is 0 Å². The van der Waals surface area contributed by atoms with Crippen molar-refractivity contribution in [2.24, 2.45) is 0 Å². The first-order valence-corrected chi connectivity index (χ1v) is 9.62. The summed E-state index contributed by atoms with van der Waals surface area (Å²) < 4.78 is 2.19. The predicted octanol–water partition coefficient (Wildman–Crippen LogP) is 2.72. The van der Waals surface area contributed by atoms with E-state index in [2.05, 4.69) is 78.8 Å². The maximum absolute atomic E-state index is 4.53. The summed E-state index contributed by atoms with van der Waals surface area (Å²) in [5, 5.41) is 13.2. The van der Waals surface area contributed by atoms with Gasteiger partial charge in [0.25, 0.3) is 0 Å². The molecule has 3 aromatic rings. The zero-order valence-electron chi connectivity index (χ0n) is 14.5. The van der Waals surface area contributed by atoms with Gasteiger partial charge < -0.3 is 9.47 Å². The fourth-order valence-corrected chi connectivity index (χ4v) is 4.09. The van der Waals surface area contributed by atoms with E-state index in [4.69, 9.17) is 0 Å². The predicted molar refractivity (Wildman–Crippen MR) is 101 cm³/mol. The molecule has 3 heterocycles. The molecular weight excluding hydrogens is 330 g/mol. The van der Waals surface area contributed by atoms with E-state index in [1.54, 1.807) is 11.3 Å². The van der Waals surface area contributed by atoms with Crippen molar-refractivity contribution in [1.29, 1.82) is 0 Å². The molecule has 0 aliphatic carbocycles. The molecule has 0 radical (unpaired) electrons. The second kappa shape index (κ2) is 7.47. The molecule has 1 aliphatic heterocycles. The van der Waals surface area contributed by atoms with Gasteiger partial charge in [0.2, 0.25) is 0 Å². The Bertz CT molecular complexity index is 775. The average molecular weight is 353 g/mol. The van der Waals surface area contributed by atoms with Gasteiger partial charge in [0.15, 0.2) is 5.82 Å². The van der Waals surface area contributed by atoms with Crippen LogP contribution in [0.3, 0.4) is 0 Å². The first-order valence-electron chi connectivity index (χ1n) is 8.67. The van der Waals surface area contributed by atoms with E-state index in [1.165, 1.54) is 11.1 Å². The number of piperazine rings is 1. The van der Waals surface area contributed by atoms with Gasteiger partial charge in [-0.1, -0.05) is 30.3 Å². The summed E-state index contributed by atoms with van der Waals surface area (Å²) in [5.74, 6) is 1.03. The summed E-state index contributed by atoms with van der Waals surface area (Å²) in [6, 6.07) is 12.9. The lowest BCUT2D eigenvalue weighted by molar-refractivity contribution is 0.122. The molecule has 1 unspecified atom stereocenters. The molecule has 4 rings (SSSR count). The standard InChI is InChI=1S/C19H23N5S/c1-22-8-10-23(11-9-22)18(17-7-12-25-14-17)19-21-20-15-24(19)13-16-5-3-2-4-6-16/h2-7,12,14-15,18H,8-11,13H2,1H3. The average Bonchev–Trinajstić information content (AvgIpc) is 3.31. The number of rotatable bonds is 5. The molecule has 0 saturated carbocycles. The first-order chi connectivity index (χ1) is 12.3. The maximum atomic E-state index is 4.53. The van der Waals surface area contributed by atoms with Crippen LogP contribution in [-0.2, 0) is 6.54 Å². The van der Waals surface area contributed by atoms with Gasteiger partial charge in [-0.3, -0.25) is 4.90 Å².